The van der Waals surface area contributed by atoms with Crippen LogP contribution in [0.2, 0.25) is 10.0 Å². The smallest absolute Gasteiger partial charge is 0.257 e. The van der Waals surface area contributed by atoms with Gasteiger partial charge in [-0.25, -0.2) is 0 Å². The minimum absolute atomic E-state index is 0.232. The molecule has 0 radical (unpaired) electrons. The second-order valence-electron chi connectivity index (χ2n) is 4.88. The van der Waals surface area contributed by atoms with Crippen molar-refractivity contribution in [1.82, 2.24) is 5.32 Å². The van der Waals surface area contributed by atoms with Crippen molar-refractivity contribution in [3.8, 4) is 0 Å². The van der Waals surface area contributed by atoms with E-state index in [1.807, 2.05) is 6.92 Å². The van der Waals surface area contributed by atoms with Crippen LogP contribution in [0.15, 0.2) is 42.5 Å². The molecule has 0 spiro atoms. The Morgan fingerprint density at radius 1 is 1.00 bits per heavy atom. The van der Waals surface area contributed by atoms with Crippen molar-refractivity contribution in [1.29, 1.82) is 0 Å². The van der Waals surface area contributed by atoms with Crippen molar-refractivity contribution in [3.05, 3.63) is 63.6 Å². The molecule has 23 heavy (non-hydrogen) atoms. The van der Waals surface area contributed by atoms with Crippen LogP contribution in [0.4, 0.5) is 5.69 Å². The maximum Gasteiger partial charge on any atom is 0.257 e. The highest BCUT2D eigenvalue weighted by Crippen LogP contribution is 2.23. The Morgan fingerprint density at radius 2 is 1.74 bits per heavy atom. The van der Waals surface area contributed by atoms with E-state index in [2.05, 4.69) is 10.6 Å². The molecule has 0 aromatic heterocycles. The van der Waals surface area contributed by atoms with Gasteiger partial charge in [-0.15, -0.1) is 0 Å². The Morgan fingerprint density at radius 3 is 2.43 bits per heavy atom. The first-order valence-electron chi connectivity index (χ1n) is 7.16. The number of carbonyl (C=O) groups excluding carboxylic acids is 2. The SMILES string of the molecule is CCCNC(=O)c1ccccc1NC(=O)c1ccc(Cl)cc1Cl. The predicted molar refractivity (Wildman–Crippen MR) is 93.5 cm³/mol. The number of carbonyl (C=O) groups is 2. The highest BCUT2D eigenvalue weighted by atomic mass is 35.5. The fraction of sp³-hybridized carbons (Fsp3) is 0.176. The van der Waals surface area contributed by atoms with Crippen LogP contribution in [0.3, 0.4) is 0 Å². The molecule has 0 saturated heterocycles. The van der Waals surface area contributed by atoms with Gasteiger partial charge < -0.3 is 10.6 Å². The highest BCUT2D eigenvalue weighted by molar-refractivity contribution is 6.37. The van der Waals surface area contributed by atoms with E-state index < -0.39 is 5.91 Å². The molecule has 0 aliphatic carbocycles. The van der Waals surface area contributed by atoms with Crippen LogP contribution in [-0.2, 0) is 0 Å². The molecule has 0 saturated carbocycles. The zero-order valence-electron chi connectivity index (χ0n) is 12.5. The van der Waals surface area contributed by atoms with E-state index in [1.54, 1.807) is 36.4 Å². The van der Waals surface area contributed by atoms with Crippen molar-refractivity contribution in [2.45, 2.75) is 13.3 Å². The molecule has 0 aliphatic heterocycles. The summed E-state index contributed by atoms with van der Waals surface area (Å²) >= 11 is 11.9. The summed E-state index contributed by atoms with van der Waals surface area (Å²) in [6.45, 7) is 2.54. The van der Waals surface area contributed by atoms with Crippen LogP contribution in [0.1, 0.15) is 34.1 Å². The summed E-state index contributed by atoms with van der Waals surface area (Å²) in [6, 6.07) is 11.4. The van der Waals surface area contributed by atoms with Crippen molar-refractivity contribution >= 4 is 40.7 Å². The number of hydrogen-bond acceptors (Lipinski definition) is 2. The zero-order chi connectivity index (χ0) is 16.8. The molecule has 2 rings (SSSR count). The fourth-order valence-electron chi connectivity index (χ4n) is 1.99. The molecule has 120 valence electrons. The molecule has 0 fully saturated rings. The van der Waals surface area contributed by atoms with E-state index in [0.717, 1.165) is 6.42 Å². The van der Waals surface area contributed by atoms with E-state index in [-0.39, 0.29) is 10.9 Å². The van der Waals surface area contributed by atoms with Crippen molar-refractivity contribution in [2.75, 3.05) is 11.9 Å². The minimum atomic E-state index is -0.401. The molecule has 4 nitrogen and oxygen atoms in total. The summed E-state index contributed by atoms with van der Waals surface area (Å²) in [5.41, 5.74) is 1.12. The monoisotopic (exact) mass is 350 g/mol. The third-order valence-electron chi connectivity index (χ3n) is 3.13. The maximum absolute atomic E-state index is 12.4. The van der Waals surface area contributed by atoms with Gasteiger partial charge in [-0.2, -0.15) is 0 Å². The number of nitrogens with one attached hydrogen (secondary N) is 2. The van der Waals surface area contributed by atoms with E-state index in [4.69, 9.17) is 23.2 Å². The quantitative estimate of drug-likeness (QED) is 0.840. The summed E-state index contributed by atoms with van der Waals surface area (Å²) in [4.78, 5) is 24.5. The first-order chi connectivity index (χ1) is 11.0. The van der Waals surface area contributed by atoms with Gasteiger partial charge in [0.15, 0.2) is 0 Å². The van der Waals surface area contributed by atoms with Crippen LogP contribution < -0.4 is 10.6 Å². The zero-order valence-corrected chi connectivity index (χ0v) is 14.0. The molecule has 0 heterocycles. The molecule has 0 atom stereocenters. The molecule has 2 aromatic carbocycles. The summed E-state index contributed by atoms with van der Waals surface area (Å²) in [6.07, 6.45) is 0.834. The van der Waals surface area contributed by atoms with Crippen LogP contribution in [0.5, 0.6) is 0 Å². The lowest BCUT2D eigenvalue weighted by molar-refractivity contribution is 0.0954. The number of amides is 2. The van der Waals surface area contributed by atoms with E-state index >= 15 is 0 Å². The summed E-state index contributed by atoms with van der Waals surface area (Å²) in [5, 5.41) is 6.21. The molecule has 0 bridgehead atoms. The van der Waals surface area contributed by atoms with Crippen LogP contribution in [0.25, 0.3) is 0 Å². The Balaban J connectivity index is 2.23. The van der Waals surface area contributed by atoms with Crippen LogP contribution in [-0.4, -0.2) is 18.4 Å². The lowest BCUT2D eigenvalue weighted by atomic mass is 10.1. The second-order valence-corrected chi connectivity index (χ2v) is 5.72. The number of hydrogen-bond donors (Lipinski definition) is 2. The maximum atomic E-state index is 12.4. The molecule has 2 aromatic rings. The first kappa shape index (κ1) is 17.3. The number of para-hydroxylation sites is 1. The molecular formula is C17H16Cl2N2O2. The summed E-state index contributed by atoms with van der Waals surface area (Å²) in [5.74, 6) is -0.632. The largest absolute Gasteiger partial charge is 0.352 e. The van der Waals surface area contributed by atoms with Crippen molar-refractivity contribution < 1.29 is 9.59 Å². The molecule has 2 amide bonds. The molecule has 0 aliphatic rings. The average molecular weight is 351 g/mol. The Labute approximate surface area is 144 Å². The molecule has 0 unspecified atom stereocenters. The third kappa shape index (κ3) is 4.47. The number of halogens is 2. The lowest BCUT2D eigenvalue weighted by Crippen LogP contribution is -2.25. The van der Waals surface area contributed by atoms with Gasteiger partial charge in [-0.3, -0.25) is 9.59 Å². The minimum Gasteiger partial charge on any atom is -0.352 e. The number of benzene rings is 2. The van der Waals surface area contributed by atoms with E-state index in [1.165, 1.54) is 6.07 Å². The van der Waals surface area contributed by atoms with Gasteiger partial charge in [-0.1, -0.05) is 42.3 Å². The van der Waals surface area contributed by atoms with Crippen molar-refractivity contribution in [2.24, 2.45) is 0 Å². The Bertz CT molecular complexity index is 732. The van der Waals surface area contributed by atoms with Gasteiger partial charge in [0.05, 0.1) is 21.8 Å². The summed E-state index contributed by atoms with van der Waals surface area (Å²) < 4.78 is 0. The predicted octanol–water partition coefficient (Wildman–Crippen LogP) is 4.39. The third-order valence-corrected chi connectivity index (χ3v) is 3.68. The molecule has 2 N–H and O–H groups in total. The van der Waals surface area contributed by atoms with Gasteiger partial charge in [0.25, 0.3) is 11.8 Å². The Hall–Kier alpha value is -2.04. The molecule has 6 heteroatoms. The topological polar surface area (TPSA) is 58.2 Å². The van der Waals surface area contributed by atoms with Gasteiger partial charge in [-0.05, 0) is 36.8 Å². The number of rotatable bonds is 5. The van der Waals surface area contributed by atoms with E-state index in [0.29, 0.717) is 28.4 Å². The van der Waals surface area contributed by atoms with Crippen LogP contribution >= 0.6 is 23.2 Å². The standard InChI is InChI=1S/C17H16Cl2N2O2/c1-2-9-20-16(22)13-5-3-4-6-15(13)21-17(23)12-8-7-11(18)10-14(12)19/h3-8,10H,2,9H2,1H3,(H,20,22)(H,21,23). The number of anilines is 1. The normalized spacial score (nSPS) is 10.2. The average Bonchev–Trinajstić information content (AvgIpc) is 2.53. The van der Waals surface area contributed by atoms with Gasteiger partial charge in [0, 0.05) is 11.6 Å². The lowest BCUT2D eigenvalue weighted by Gasteiger charge is -2.12. The fourth-order valence-corrected chi connectivity index (χ4v) is 2.48. The Kier molecular flexibility index (Phi) is 6.02. The molecular weight excluding hydrogens is 335 g/mol. The van der Waals surface area contributed by atoms with E-state index in [9.17, 15) is 9.59 Å². The summed E-state index contributed by atoms with van der Waals surface area (Å²) in [7, 11) is 0. The first-order valence-corrected chi connectivity index (χ1v) is 7.92. The van der Waals surface area contributed by atoms with Crippen LogP contribution in [0, 0.1) is 0 Å². The second kappa shape index (κ2) is 7.99. The highest BCUT2D eigenvalue weighted by Gasteiger charge is 2.15. The van der Waals surface area contributed by atoms with Gasteiger partial charge >= 0.3 is 0 Å². The van der Waals surface area contributed by atoms with Gasteiger partial charge in [0.1, 0.15) is 0 Å². The van der Waals surface area contributed by atoms with Gasteiger partial charge in [0.2, 0.25) is 0 Å². The van der Waals surface area contributed by atoms with Crippen molar-refractivity contribution in [3.63, 3.8) is 0 Å².